The van der Waals surface area contributed by atoms with Gasteiger partial charge in [0.25, 0.3) is 0 Å². The van der Waals surface area contributed by atoms with Gasteiger partial charge in [0, 0.05) is 5.41 Å². The van der Waals surface area contributed by atoms with Crippen LogP contribution in [0.15, 0.2) is 0 Å². The molecule has 0 saturated carbocycles. The van der Waals surface area contributed by atoms with Crippen LogP contribution in [0.25, 0.3) is 0 Å². The molecule has 88 valence electrons. The van der Waals surface area contributed by atoms with Gasteiger partial charge in [-0.3, -0.25) is 0 Å². The van der Waals surface area contributed by atoms with Crippen LogP contribution in [0.3, 0.4) is 0 Å². The highest BCUT2D eigenvalue weighted by atomic mass is 16.1. The van der Waals surface area contributed by atoms with Gasteiger partial charge in [-0.05, 0) is 44.3 Å². The number of hydrogen-bond acceptors (Lipinski definition) is 2. The van der Waals surface area contributed by atoms with Gasteiger partial charge in [-0.25, -0.2) is 0 Å². The molecule has 1 aliphatic heterocycles. The van der Waals surface area contributed by atoms with Crippen LogP contribution >= 0.6 is 0 Å². The standard InChI is InChI=1S/C13H25NO/c1-12(2,10-15)13(3,4)11-6-8-14(5)9-7-11/h10-11H,6-9H2,1-5H3. The van der Waals surface area contributed by atoms with Crippen molar-refractivity contribution in [1.82, 2.24) is 4.90 Å². The van der Waals surface area contributed by atoms with Gasteiger partial charge in [-0.2, -0.15) is 0 Å². The fourth-order valence-corrected chi connectivity index (χ4v) is 2.41. The molecule has 0 amide bonds. The maximum Gasteiger partial charge on any atom is 0.126 e. The van der Waals surface area contributed by atoms with Gasteiger partial charge < -0.3 is 9.69 Å². The molecule has 1 rings (SSSR count). The fraction of sp³-hybridized carbons (Fsp3) is 0.923. The topological polar surface area (TPSA) is 20.3 Å². The van der Waals surface area contributed by atoms with Crippen molar-refractivity contribution in [2.24, 2.45) is 16.7 Å². The van der Waals surface area contributed by atoms with Gasteiger partial charge in [0.2, 0.25) is 0 Å². The number of aldehydes is 1. The summed E-state index contributed by atoms with van der Waals surface area (Å²) >= 11 is 0. The van der Waals surface area contributed by atoms with Crippen molar-refractivity contribution < 1.29 is 4.79 Å². The molecule has 2 nitrogen and oxygen atoms in total. The predicted octanol–water partition coefficient (Wildman–Crippen LogP) is 2.58. The molecule has 1 fully saturated rings. The second-order valence-corrected chi connectivity index (χ2v) is 6.14. The Morgan fingerprint density at radius 1 is 1.13 bits per heavy atom. The van der Waals surface area contributed by atoms with Crippen molar-refractivity contribution in [1.29, 1.82) is 0 Å². The molecule has 1 heterocycles. The van der Waals surface area contributed by atoms with Crippen LogP contribution in [0.2, 0.25) is 0 Å². The third kappa shape index (κ3) is 2.41. The van der Waals surface area contributed by atoms with E-state index in [1.54, 1.807) is 0 Å². The Hall–Kier alpha value is -0.370. The summed E-state index contributed by atoms with van der Waals surface area (Å²) in [4.78, 5) is 13.5. The molecular formula is C13H25NO. The van der Waals surface area contributed by atoms with E-state index in [4.69, 9.17) is 0 Å². The molecule has 0 aromatic heterocycles. The quantitative estimate of drug-likeness (QED) is 0.669. The molecule has 0 aromatic carbocycles. The van der Waals surface area contributed by atoms with E-state index in [1.807, 2.05) is 0 Å². The molecule has 2 heteroatoms. The predicted molar refractivity (Wildman–Crippen MR) is 63.8 cm³/mol. The Balaban J connectivity index is 2.73. The van der Waals surface area contributed by atoms with Crippen LogP contribution in [-0.2, 0) is 4.79 Å². The Labute approximate surface area is 94.0 Å². The number of carbonyl (C=O) groups is 1. The summed E-state index contributed by atoms with van der Waals surface area (Å²) < 4.78 is 0. The molecule has 0 N–H and O–H groups in total. The van der Waals surface area contributed by atoms with Gasteiger partial charge in [0.1, 0.15) is 6.29 Å². The molecule has 15 heavy (non-hydrogen) atoms. The van der Waals surface area contributed by atoms with Crippen LogP contribution < -0.4 is 0 Å². The summed E-state index contributed by atoms with van der Waals surface area (Å²) in [6, 6.07) is 0. The fourth-order valence-electron chi connectivity index (χ4n) is 2.41. The minimum absolute atomic E-state index is 0.107. The lowest BCUT2D eigenvalue weighted by atomic mass is 9.59. The Bertz CT molecular complexity index is 225. The molecule has 0 atom stereocenters. The van der Waals surface area contributed by atoms with Crippen molar-refractivity contribution >= 4 is 6.29 Å². The van der Waals surface area contributed by atoms with Crippen LogP contribution in [0.1, 0.15) is 40.5 Å². The minimum atomic E-state index is -0.215. The first-order valence-corrected chi connectivity index (χ1v) is 5.96. The summed E-state index contributed by atoms with van der Waals surface area (Å²) in [6.07, 6.45) is 3.58. The summed E-state index contributed by atoms with van der Waals surface area (Å²) in [5, 5.41) is 0. The van der Waals surface area contributed by atoms with Gasteiger partial charge in [-0.1, -0.05) is 27.7 Å². The Morgan fingerprint density at radius 2 is 1.60 bits per heavy atom. The highest BCUT2D eigenvalue weighted by molar-refractivity contribution is 5.59. The second kappa shape index (κ2) is 4.25. The van der Waals surface area contributed by atoms with Gasteiger partial charge in [0.05, 0.1) is 0 Å². The maximum atomic E-state index is 11.2. The minimum Gasteiger partial charge on any atom is -0.306 e. The number of carbonyl (C=O) groups excluding carboxylic acids is 1. The van der Waals surface area contributed by atoms with E-state index in [9.17, 15) is 4.79 Å². The average molecular weight is 211 g/mol. The van der Waals surface area contributed by atoms with Crippen molar-refractivity contribution in [2.45, 2.75) is 40.5 Å². The molecule has 1 saturated heterocycles. The first kappa shape index (κ1) is 12.7. The highest BCUT2D eigenvalue weighted by Gasteiger charge is 2.43. The van der Waals surface area contributed by atoms with E-state index in [-0.39, 0.29) is 10.8 Å². The third-order valence-corrected chi connectivity index (χ3v) is 4.69. The zero-order valence-corrected chi connectivity index (χ0v) is 10.8. The van der Waals surface area contributed by atoms with E-state index < -0.39 is 0 Å². The van der Waals surface area contributed by atoms with Gasteiger partial charge in [-0.15, -0.1) is 0 Å². The van der Waals surface area contributed by atoms with E-state index >= 15 is 0 Å². The van der Waals surface area contributed by atoms with Crippen molar-refractivity contribution in [3.8, 4) is 0 Å². The molecule has 0 unspecified atom stereocenters. The SMILES string of the molecule is CN1CCC(C(C)(C)C(C)(C)C=O)CC1. The molecule has 0 aliphatic carbocycles. The number of hydrogen-bond donors (Lipinski definition) is 0. The summed E-state index contributed by atoms with van der Waals surface area (Å²) in [5.74, 6) is 0.675. The molecule has 0 spiro atoms. The van der Waals surface area contributed by atoms with Crippen molar-refractivity contribution in [3.05, 3.63) is 0 Å². The van der Waals surface area contributed by atoms with E-state index in [0.717, 1.165) is 6.29 Å². The Kier molecular flexibility index (Phi) is 3.59. The molecular weight excluding hydrogens is 186 g/mol. The maximum absolute atomic E-state index is 11.2. The van der Waals surface area contributed by atoms with Crippen molar-refractivity contribution in [3.63, 3.8) is 0 Å². The average Bonchev–Trinajstić information content (AvgIpc) is 2.18. The molecule has 1 aliphatic rings. The van der Waals surface area contributed by atoms with Crippen LogP contribution in [-0.4, -0.2) is 31.3 Å². The summed E-state index contributed by atoms with van der Waals surface area (Å²) in [6.45, 7) is 11.0. The van der Waals surface area contributed by atoms with Gasteiger partial charge in [0.15, 0.2) is 0 Å². The molecule has 0 aromatic rings. The summed E-state index contributed by atoms with van der Waals surface area (Å²) in [5.41, 5.74) is -0.108. The van der Waals surface area contributed by atoms with Crippen LogP contribution in [0.4, 0.5) is 0 Å². The molecule has 0 radical (unpaired) electrons. The number of nitrogens with zero attached hydrogens (tertiary/aromatic N) is 1. The van der Waals surface area contributed by atoms with E-state index in [2.05, 4.69) is 39.6 Å². The van der Waals surface area contributed by atoms with Crippen molar-refractivity contribution in [2.75, 3.05) is 20.1 Å². The zero-order chi connectivity index (χ0) is 11.7. The highest BCUT2D eigenvalue weighted by Crippen LogP contribution is 2.46. The van der Waals surface area contributed by atoms with E-state index in [1.165, 1.54) is 25.9 Å². The molecule has 0 bridgehead atoms. The smallest absolute Gasteiger partial charge is 0.126 e. The largest absolute Gasteiger partial charge is 0.306 e. The lowest BCUT2D eigenvalue weighted by molar-refractivity contribution is -0.123. The van der Waals surface area contributed by atoms with Crippen LogP contribution in [0.5, 0.6) is 0 Å². The van der Waals surface area contributed by atoms with Crippen LogP contribution in [0, 0.1) is 16.7 Å². The second-order valence-electron chi connectivity index (χ2n) is 6.14. The normalized spacial score (nSPS) is 21.7. The number of piperidine rings is 1. The first-order chi connectivity index (χ1) is 6.81. The third-order valence-electron chi connectivity index (χ3n) is 4.69. The first-order valence-electron chi connectivity index (χ1n) is 5.96. The lowest BCUT2D eigenvalue weighted by Gasteiger charge is -2.46. The number of likely N-dealkylation sites (tertiary alicyclic amines) is 1. The van der Waals surface area contributed by atoms with E-state index in [0.29, 0.717) is 5.92 Å². The zero-order valence-electron chi connectivity index (χ0n) is 10.8. The number of rotatable bonds is 3. The monoisotopic (exact) mass is 211 g/mol. The lowest BCUT2D eigenvalue weighted by Crippen LogP contribution is -2.45. The Morgan fingerprint density at radius 3 is 2.00 bits per heavy atom. The van der Waals surface area contributed by atoms with Gasteiger partial charge >= 0.3 is 0 Å². The summed E-state index contributed by atoms with van der Waals surface area (Å²) in [7, 11) is 2.17.